The van der Waals surface area contributed by atoms with Crippen LogP contribution < -0.4 is 10.6 Å². The Morgan fingerprint density at radius 2 is 2.11 bits per heavy atom. The zero-order chi connectivity index (χ0) is 14.4. The maximum absolute atomic E-state index is 11.5. The summed E-state index contributed by atoms with van der Waals surface area (Å²) < 4.78 is 0. The Bertz CT molecular complexity index is 472. The molecule has 2 N–H and O–H groups in total. The van der Waals surface area contributed by atoms with Crippen molar-refractivity contribution in [2.45, 2.75) is 20.8 Å². The Balaban J connectivity index is 2.61. The molecule has 1 aromatic rings. The van der Waals surface area contributed by atoms with Gasteiger partial charge in [0, 0.05) is 23.9 Å². The number of nitro benzene ring substituents is 1. The fourth-order valence-electron chi connectivity index (χ4n) is 1.57. The first-order valence-electron chi connectivity index (χ1n) is 6.16. The van der Waals surface area contributed by atoms with E-state index in [4.69, 9.17) is 0 Å². The first kappa shape index (κ1) is 14.9. The lowest BCUT2D eigenvalue weighted by Gasteiger charge is -2.11. The summed E-state index contributed by atoms with van der Waals surface area (Å²) in [7, 11) is 0. The Kier molecular flexibility index (Phi) is 5.29. The maximum Gasteiger partial charge on any atom is 0.274 e. The van der Waals surface area contributed by atoms with Crippen molar-refractivity contribution in [3.05, 3.63) is 33.9 Å². The Morgan fingerprint density at radius 1 is 1.42 bits per heavy atom. The van der Waals surface area contributed by atoms with Crippen LogP contribution in [0.15, 0.2) is 18.2 Å². The Hall–Kier alpha value is -2.11. The molecule has 0 saturated heterocycles. The second-order valence-corrected chi connectivity index (χ2v) is 4.76. The molecule has 0 saturated carbocycles. The summed E-state index contributed by atoms with van der Waals surface area (Å²) >= 11 is 0. The lowest BCUT2D eigenvalue weighted by molar-refractivity contribution is -0.385. The summed E-state index contributed by atoms with van der Waals surface area (Å²) in [5.74, 6) is 0.267. The van der Waals surface area contributed by atoms with Crippen LogP contribution in [0.4, 0.5) is 11.4 Å². The molecule has 0 aliphatic heterocycles. The molecule has 0 bridgehead atoms. The van der Waals surface area contributed by atoms with Crippen molar-refractivity contribution in [3.8, 4) is 0 Å². The molecule has 0 aliphatic carbocycles. The first-order chi connectivity index (χ1) is 8.91. The van der Waals surface area contributed by atoms with Crippen molar-refractivity contribution in [1.29, 1.82) is 0 Å². The van der Waals surface area contributed by atoms with Gasteiger partial charge in [0.05, 0.1) is 11.5 Å². The highest BCUT2D eigenvalue weighted by Gasteiger charge is 2.13. The summed E-state index contributed by atoms with van der Waals surface area (Å²) in [6.45, 7) is 6.41. The highest BCUT2D eigenvalue weighted by atomic mass is 16.6. The fourth-order valence-corrected chi connectivity index (χ4v) is 1.57. The molecular formula is C13H19N3O3. The van der Waals surface area contributed by atoms with Crippen molar-refractivity contribution in [1.82, 2.24) is 5.32 Å². The van der Waals surface area contributed by atoms with E-state index in [2.05, 4.69) is 10.6 Å². The third-order valence-electron chi connectivity index (χ3n) is 2.65. The van der Waals surface area contributed by atoms with Crippen LogP contribution >= 0.6 is 0 Å². The van der Waals surface area contributed by atoms with E-state index >= 15 is 0 Å². The van der Waals surface area contributed by atoms with Gasteiger partial charge in [0.25, 0.3) is 5.69 Å². The first-order valence-corrected chi connectivity index (χ1v) is 6.16. The van der Waals surface area contributed by atoms with Gasteiger partial charge in [-0.15, -0.1) is 0 Å². The summed E-state index contributed by atoms with van der Waals surface area (Å²) in [5.41, 5.74) is 1.19. The molecule has 0 fully saturated rings. The van der Waals surface area contributed by atoms with E-state index in [0.717, 1.165) is 0 Å². The molecule has 1 aromatic carbocycles. The fraction of sp³-hybridized carbons (Fsp3) is 0.462. The van der Waals surface area contributed by atoms with Crippen molar-refractivity contribution < 1.29 is 9.72 Å². The van der Waals surface area contributed by atoms with E-state index in [1.165, 1.54) is 6.07 Å². The molecule has 19 heavy (non-hydrogen) atoms. The van der Waals surface area contributed by atoms with Crippen LogP contribution in [0.1, 0.15) is 19.4 Å². The average Bonchev–Trinajstić information content (AvgIpc) is 2.34. The molecule has 0 atom stereocenters. The molecule has 0 aliphatic rings. The minimum atomic E-state index is -0.431. The van der Waals surface area contributed by atoms with E-state index < -0.39 is 4.92 Å². The molecular weight excluding hydrogens is 246 g/mol. The number of hydrogen-bond donors (Lipinski definition) is 2. The van der Waals surface area contributed by atoms with Crippen LogP contribution in [0, 0.1) is 23.0 Å². The summed E-state index contributed by atoms with van der Waals surface area (Å²) in [6.07, 6.45) is 0. The predicted octanol–water partition coefficient (Wildman–Crippen LogP) is 2.09. The molecule has 0 heterocycles. The van der Waals surface area contributed by atoms with E-state index in [1.54, 1.807) is 19.1 Å². The second-order valence-electron chi connectivity index (χ2n) is 4.76. The number of benzene rings is 1. The zero-order valence-electron chi connectivity index (χ0n) is 11.4. The predicted molar refractivity (Wildman–Crippen MR) is 74.2 cm³/mol. The summed E-state index contributed by atoms with van der Waals surface area (Å²) in [4.78, 5) is 21.9. The van der Waals surface area contributed by atoms with E-state index in [1.807, 2.05) is 13.8 Å². The average molecular weight is 265 g/mol. The minimum Gasteiger partial charge on any atom is -0.376 e. The second kappa shape index (κ2) is 6.72. The van der Waals surface area contributed by atoms with E-state index in [-0.39, 0.29) is 18.1 Å². The van der Waals surface area contributed by atoms with Gasteiger partial charge >= 0.3 is 0 Å². The van der Waals surface area contributed by atoms with Gasteiger partial charge in [0.15, 0.2) is 0 Å². The van der Waals surface area contributed by atoms with E-state index in [0.29, 0.717) is 23.7 Å². The number of carbonyl (C=O) groups excluding carboxylic acids is 1. The summed E-state index contributed by atoms with van der Waals surface area (Å²) in [6, 6.07) is 4.76. The van der Waals surface area contributed by atoms with Gasteiger partial charge in [0.2, 0.25) is 5.91 Å². The summed E-state index contributed by atoms with van der Waals surface area (Å²) in [5, 5.41) is 16.5. The number of carbonyl (C=O) groups is 1. The zero-order valence-corrected chi connectivity index (χ0v) is 11.4. The Morgan fingerprint density at radius 3 is 2.68 bits per heavy atom. The topological polar surface area (TPSA) is 84.3 Å². The smallest absolute Gasteiger partial charge is 0.274 e. The number of nitrogens with zero attached hydrogens (tertiary/aromatic N) is 1. The highest BCUT2D eigenvalue weighted by molar-refractivity contribution is 5.81. The largest absolute Gasteiger partial charge is 0.376 e. The normalized spacial score (nSPS) is 10.3. The standard InChI is InChI=1S/C13H19N3O3/c1-9(2)7-15-13(17)8-14-11-5-4-6-12(10(11)3)16(18)19/h4-6,9,14H,7-8H2,1-3H3,(H,15,17). The number of amides is 1. The van der Waals surface area contributed by atoms with Crippen LogP contribution in [0.25, 0.3) is 0 Å². The lowest BCUT2D eigenvalue weighted by atomic mass is 10.1. The van der Waals surface area contributed by atoms with Crippen molar-refractivity contribution >= 4 is 17.3 Å². The van der Waals surface area contributed by atoms with Gasteiger partial charge in [0.1, 0.15) is 0 Å². The van der Waals surface area contributed by atoms with Gasteiger partial charge in [-0.1, -0.05) is 19.9 Å². The van der Waals surface area contributed by atoms with E-state index in [9.17, 15) is 14.9 Å². The molecule has 0 spiro atoms. The van der Waals surface area contributed by atoms with Crippen LogP contribution in [0.2, 0.25) is 0 Å². The third-order valence-corrected chi connectivity index (χ3v) is 2.65. The van der Waals surface area contributed by atoms with Crippen LogP contribution in [-0.4, -0.2) is 23.9 Å². The van der Waals surface area contributed by atoms with Gasteiger partial charge in [-0.2, -0.15) is 0 Å². The van der Waals surface area contributed by atoms with Gasteiger partial charge in [-0.25, -0.2) is 0 Å². The van der Waals surface area contributed by atoms with Crippen molar-refractivity contribution in [3.63, 3.8) is 0 Å². The van der Waals surface area contributed by atoms with Gasteiger partial charge in [-0.3, -0.25) is 14.9 Å². The molecule has 6 nitrogen and oxygen atoms in total. The number of anilines is 1. The van der Waals surface area contributed by atoms with Crippen LogP contribution in [0.3, 0.4) is 0 Å². The molecule has 1 amide bonds. The number of nitro groups is 1. The maximum atomic E-state index is 11.5. The molecule has 1 rings (SSSR count). The number of nitrogens with one attached hydrogen (secondary N) is 2. The van der Waals surface area contributed by atoms with Crippen LogP contribution in [0.5, 0.6) is 0 Å². The quantitative estimate of drug-likeness (QED) is 0.609. The number of hydrogen-bond acceptors (Lipinski definition) is 4. The van der Waals surface area contributed by atoms with Crippen molar-refractivity contribution in [2.24, 2.45) is 5.92 Å². The molecule has 0 unspecified atom stereocenters. The highest BCUT2D eigenvalue weighted by Crippen LogP contribution is 2.24. The number of rotatable bonds is 6. The minimum absolute atomic E-state index is 0.0487. The molecule has 6 heteroatoms. The van der Waals surface area contributed by atoms with Crippen LogP contribution in [-0.2, 0) is 4.79 Å². The monoisotopic (exact) mass is 265 g/mol. The molecule has 0 aromatic heterocycles. The third kappa shape index (κ3) is 4.57. The van der Waals surface area contributed by atoms with Gasteiger partial charge in [-0.05, 0) is 18.9 Å². The molecule has 104 valence electrons. The lowest BCUT2D eigenvalue weighted by Crippen LogP contribution is -2.32. The van der Waals surface area contributed by atoms with Crippen molar-refractivity contribution in [2.75, 3.05) is 18.4 Å². The Labute approximate surface area is 112 Å². The van der Waals surface area contributed by atoms with Gasteiger partial charge < -0.3 is 10.6 Å². The SMILES string of the molecule is Cc1c(NCC(=O)NCC(C)C)cccc1[N+](=O)[O-]. The molecule has 0 radical (unpaired) electrons.